The van der Waals surface area contributed by atoms with E-state index in [1.807, 2.05) is 38.2 Å². The predicted octanol–water partition coefficient (Wildman–Crippen LogP) is 0.154. The summed E-state index contributed by atoms with van der Waals surface area (Å²) in [7, 11) is 2.03. The molecule has 29 heavy (non-hydrogen) atoms. The maximum Gasteiger partial charge on any atom is 0.279 e. The first-order valence-electron chi connectivity index (χ1n) is 10.5. The molecule has 0 aromatic heterocycles. The van der Waals surface area contributed by atoms with Crippen molar-refractivity contribution >= 4 is 11.6 Å². The van der Waals surface area contributed by atoms with E-state index in [0.717, 1.165) is 55.7 Å². The van der Waals surface area contributed by atoms with Crippen LogP contribution in [0, 0.1) is 0 Å². The van der Waals surface area contributed by atoms with Crippen molar-refractivity contribution in [3.63, 3.8) is 0 Å². The van der Waals surface area contributed by atoms with Crippen molar-refractivity contribution in [1.29, 1.82) is 0 Å². The molecule has 1 aliphatic rings. The number of amides is 1. The monoisotopic (exact) mass is 399 g/mol. The molecule has 0 spiro atoms. The number of hydrogen-bond donors (Lipinski definition) is 3. The third-order valence-corrected chi connectivity index (χ3v) is 5.09. The number of hydrogen-bond acceptors (Lipinski definition) is 3. The zero-order chi connectivity index (χ0) is 20.5. The summed E-state index contributed by atoms with van der Waals surface area (Å²) in [6, 6.07) is 16.3. The van der Waals surface area contributed by atoms with Gasteiger partial charge in [-0.15, -0.1) is 0 Å². The zero-order valence-corrected chi connectivity index (χ0v) is 17.5. The number of benzene rings is 2. The summed E-state index contributed by atoms with van der Waals surface area (Å²) >= 11 is 0. The molecule has 0 bridgehead atoms. The lowest BCUT2D eigenvalue weighted by molar-refractivity contribution is -0.921. The second kappa shape index (κ2) is 11.0. The van der Waals surface area contributed by atoms with E-state index in [0.29, 0.717) is 13.2 Å². The Morgan fingerprint density at radius 1 is 1.07 bits per heavy atom. The molecule has 1 fully saturated rings. The van der Waals surface area contributed by atoms with Gasteiger partial charge < -0.3 is 24.6 Å². The van der Waals surface area contributed by atoms with E-state index in [2.05, 4.69) is 29.6 Å². The lowest BCUT2D eigenvalue weighted by Crippen LogP contribution is -3.12. The van der Waals surface area contributed by atoms with Gasteiger partial charge in [0, 0.05) is 16.8 Å². The fourth-order valence-electron chi connectivity index (χ4n) is 3.59. The fraction of sp³-hybridized carbons (Fsp3) is 0.435. The number of carbonyl (C=O) groups excluding carboxylic acids is 1. The number of likely N-dealkylation sites (N-methyl/N-ethyl adjacent to an activating group) is 1. The van der Waals surface area contributed by atoms with Crippen molar-refractivity contribution in [2.45, 2.75) is 20.0 Å². The zero-order valence-electron chi connectivity index (χ0n) is 17.5. The minimum atomic E-state index is 0.0278. The van der Waals surface area contributed by atoms with Crippen molar-refractivity contribution in [3.05, 3.63) is 59.7 Å². The Morgan fingerprint density at radius 2 is 1.72 bits per heavy atom. The number of quaternary nitrogens is 2. The molecule has 0 radical (unpaired) electrons. The van der Waals surface area contributed by atoms with Crippen LogP contribution in [-0.4, -0.2) is 52.4 Å². The van der Waals surface area contributed by atoms with Gasteiger partial charge in [-0.25, -0.2) is 0 Å². The van der Waals surface area contributed by atoms with Crippen LogP contribution in [0.25, 0.3) is 0 Å². The Balaban J connectivity index is 1.43. The van der Waals surface area contributed by atoms with E-state index in [1.54, 1.807) is 4.90 Å². The van der Waals surface area contributed by atoms with Gasteiger partial charge in [0.25, 0.3) is 5.91 Å². The standard InChI is InChI=1S/C23H31N3O3/c1-3-29-22-10-6-19(7-11-22)16-25(2)18-23(27)24-21-8-4-20(5-9-21)17-26-12-14-28-15-13-26/h4-11H,3,12-18H2,1-2H3,(H,24,27)/p+2. The van der Waals surface area contributed by atoms with Crippen molar-refractivity contribution in [2.75, 3.05) is 51.8 Å². The topological polar surface area (TPSA) is 56.4 Å². The maximum absolute atomic E-state index is 12.4. The van der Waals surface area contributed by atoms with Gasteiger partial charge in [-0.3, -0.25) is 4.79 Å². The van der Waals surface area contributed by atoms with Gasteiger partial charge in [-0.2, -0.15) is 0 Å². The average molecular weight is 400 g/mol. The van der Waals surface area contributed by atoms with Crippen molar-refractivity contribution in [1.82, 2.24) is 0 Å². The van der Waals surface area contributed by atoms with Gasteiger partial charge in [0.1, 0.15) is 31.9 Å². The van der Waals surface area contributed by atoms with E-state index in [1.165, 1.54) is 11.1 Å². The molecule has 3 rings (SSSR count). The maximum atomic E-state index is 12.4. The molecule has 1 saturated heterocycles. The number of rotatable bonds is 9. The predicted molar refractivity (Wildman–Crippen MR) is 113 cm³/mol. The number of nitrogens with one attached hydrogen (secondary N) is 3. The Hall–Kier alpha value is -2.41. The Labute approximate surface area is 173 Å². The number of ether oxygens (including phenoxy) is 2. The molecule has 6 nitrogen and oxygen atoms in total. The van der Waals surface area contributed by atoms with Gasteiger partial charge >= 0.3 is 0 Å². The summed E-state index contributed by atoms with van der Waals surface area (Å²) < 4.78 is 10.9. The van der Waals surface area contributed by atoms with Crippen LogP contribution in [0.4, 0.5) is 5.69 Å². The molecule has 0 saturated carbocycles. The third kappa shape index (κ3) is 7.16. The molecule has 6 heteroatoms. The molecule has 1 atom stereocenters. The first-order chi connectivity index (χ1) is 14.1. The summed E-state index contributed by atoms with van der Waals surface area (Å²) in [5.74, 6) is 0.908. The Morgan fingerprint density at radius 3 is 2.38 bits per heavy atom. The highest BCUT2D eigenvalue weighted by molar-refractivity contribution is 5.91. The highest BCUT2D eigenvalue weighted by Gasteiger charge is 2.15. The Kier molecular flexibility index (Phi) is 8.04. The smallest absolute Gasteiger partial charge is 0.279 e. The molecule has 1 heterocycles. The highest BCUT2D eigenvalue weighted by atomic mass is 16.5. The molecular weight excluding hydrogens is 366 g/mol. The van der Waals surface area contributed by atoms with Crippen LogP contribution in [0.15, 0.2) is 48.5 Å². The quantitative estimate of drug-likeness (QED) is 0.563. The van der Waals surface area contributed by atoms with E-state index < -0.39 is 0 Å². The average Bonchev–Trinajstić information content (AvgIpc) is 2.72. The summed E-state index contributed by atoms with van der Waals surface area (Å²) in [6.45, 7) is 8.67. The van der Waals surface area contributed by atoms with Crippen LogP contribution in [0.1, 0.15) is 18.1 Å². The molecule has 3 N–H and O–H groups in total. The first kappa shape index (κ1) is 21.3. The molecular formula is C23H33N3O3+2. The second-order valence-corrected chi connectivity index (χ2v) is 7.67. The fourth-order valence-corrected chi connectivity index (χ4v) is 3.59. The SMILES string of the molecule is CCOc1ccc(C[NH+](C)CC(=O)Nc2ccc(C[NH+]3CCOCC3)cc2)cc1. The minimum absolute atomic E-state index is 0.0278. The van der Waals surface area contributed by atoms with Gasteiger partial charge in [0.15, 0.2) is 6.54 Å². The van der Waals surface area contributed by atoms with E-state index in [9.17, 15) is 4.79 Å². The van der Waals surface area contributed by atoms with Gasteiger partial charge in [-0.1, -0.05) is 12.1 Å². The lowest BCUT2D eigenvalue weighted by atomic mass is 10.2. The van der Waals surface area contributed by atoms with Crippen LogP contribution in [0.3, 0.4) is 0 Å². The molecule has 1 aliphatic heterocycles. The highest BCUT2D eigenvalue weighted by Crippen LogP contribution is 2.11. The largest absolute Gasteiger partial charge is 0.494 e. The Bertz CT molecular complexity index is 756. The van der Waals surface area contributed by atoms with E-state index in [-0.39, 0.29) is 5.91 Å². The molecule has 0 aliphatic carbocycles. The number of anilines is 1. The van der Waals surface area contributed by atoms with Crippen LogP contribution in [-0.2, 0) is 22.6 Å². The van der Waals surface area contributed by atoms with E-state index in [4.69, 9.17) is 9.47 Å². The van der Waals surface area contributed by atoms with Gasteiger partial charge in [-0.05, 0) is 43.3 Å². The summed E-state index contributed by atoms with van der Waals surface area (Å²) in [4.78, 5) is 15.1. The first-order valence-corrected chi connectivity index (χ1v) is 10.5. The normalized spacial score (nSPS) is 15.7. The summed E-state index contributed by atoms with van der Waals surface area (Å²) in [5, 5.41) is 3.01. The summed E-state index contributed by atoms with van der Waals surface area (Å²) in [6.07, 6.45) is 0. The molecule has 2 aromatic carbocycles. The van der Waals surface area contributed by atoms with Crippen LogP contribution in [0.2, 0.25) is 0 Å². The van der Waals surface area contributed by atoms with Crippen molar-refractivity contribution < 1.29 is 24.1 Å². The van der Waals surface area contributed by atoms with Crippen molar-refractivity contribution in [2.24, 2.45) is 0 Å². The van der Waals surface area contributed by atoms with Crippen LogP contribution < -0.4 is 19.9 Å². The van der Waals surface area contributed by atoms with Gasteiger partial charge in [0.2, 0.25) is 0 Å². The molecule has 2 aromatic rings. The number of morpholine rings is 1. The van der Waals surface area contributed by atoms with Crippen LogP contribution >= 0.6 is 0 Å². The van der Waals surface area contributed by atoms with E-state index >= 15 is 0 Å². The lowest BCUT2D eigenvalue weighted by Gasteiger charge is -2.23. The molecule has 156 valence electrons. The third-order valence-electron chi connectivity index (χ3n) is 5.09. The van der Waals surface area contributed by atoms with Crippen LogP contribution in [0.5, 0.6) is 5.75 Å². The second-order valence-electron chi connectivity index (χ2n) is 7.67. The molecule has 1 amide bonds. The van der Waals surface area contributed by atoms with Crippen molar-refractivity contribution in [3.8, 4) is 5.75 Å². The molecule has 1 unspecified atom stereocenters. The van der Waals surface area contributed by atoms with Gasteiger partial charge in [0.05, 0.1) is 26.9 Å². The summed E-state index contributed by atoms with van der Waals surface area (Å²) in [5.41, 5.74) is 3.33. The number of carbonyl (C=O) groups is 1. The minimum Gasteiger partial charge on any atom is -0.494 e.